The van der Waals surface area contributed by atoms with Gasteiger partial charge >= 0.3 is 0 Å². The van der Waals surface area contributed by atoms with E-state index in [1.165, 1.54) is 18.4 Å². The smallest absolute Gasteiger partial charge is 0.147 e. The number of aliphatic hydroxyl groups is 1. The van der Waals surface area contributed by atoms with Crippen LogP contribution in [0.1, 0.15) is 80.1 Å². The Bertz CT molecular complexity index is 826. The summed E-state index contributed by atoms with van der Waals surface area (Å²) in [5.41, 5.74) is 0.656. The highest BCUT2D eigenvalue weighted by Gasteiger charge is 2.71. The van der Waals surface area contributed by atoms with Gasteiger partial charge in [0.1, 0.15) is 11.2 Å². The number of hydrogen-bond acceptors (Lipinski definition) is 3. The van der Waals surface area contributed by atoms with Gasteiger partial charge in [0, 0.05) is 17.8 Å². The molecule has 2 spiro atoms. The van der Waals surface area contributed by atoms with Gasteiger partial charge < -0.3 is 5.11 Å². The molecule has 0 radical (unpaired) electrons. The lowest BCUT2D eigenvalue weighted by molar-refractivity contribution is -0.455. The highest BCUT2D eigenvalue weighted by molar-refractivity contribution is 5.48. The molecular weight excluding hydrogens is 384 g/mol. The Balaban J connectivity index is 1.48. The second-order valence-corrected chi connectivity index (χ2v) is 12.3. The zero-order valence-electron chi connectivity index (χ0n) is 20.4. The van der Waals surface area contributed by atoms with E-state index in [-0.39, 0.29) is 16.9 Å². The zero-order chi connectivity index (χ0) is 22.2. The van der Waals surface area contributed by atoms with Crippen molar-refractivity contribution in [3.05, 3.63) is 36.0 Å². The monoisotopic (exact) mass is 426 g/mol. The average Bonchev–Trinajstić information content (AvgIpc) is 3.09. The molecule has 3 nitrogen and oxygen atoms in total. The number of hydrogen-bond donors (Lipinski definition) is 1. The van der Waals surface area contributed by atoms with Crippen LogP contribution in [0.3, 0.4) is 0 Å². The van der Waals surface area contributed by atoms with Gasteiger partial charge in [0.2, 0.25) is 0 Å². The Hall–Kier alpha value is -0.900. The summed E-state index contributed by atoms with van der Waals surface area (Å²) >= 11 is 0. The summed E-state index contributed by atoms with van der Waals surface area (Å²) in [6.07, 6.45) is 17.8. The molecule has 9 atom stereocenters. The van der Waals surface area contributed by atoms with Crippen LogP contribution in [0.15, 0.2) is 36.0 Å². The molecule has 31 heavy (non-hydrogen) atoms. The Labute approximate surface area is 188 Å². The van der Waals surface area contributed by atoms with Crippen LogP contribution >= 0.6 is 0 Å². The van der Waals surface area contributed by atoms with Gasteiger partial charge in [-0.2, -0.15) is 0 Å². The van der Waals surface area contributed by atoms with E-state index in [0.29, 0.717) is 36.0 Å². The average molecular weight is 427 g/mol. The van der Waals surface area contributed by atoms with Crippen LogP contribution in [0.5, 0.6) is 0 Å². The summed E-state index contributed by atoms with van der Waals surface area (Å²) in [7, 11) is 0. The summed E-state index contributed by atoms with van der Waals surface area (Å²) in [4.78, 5) is 12.6. The molecule has 4 aliphatic carbocycles. The molecule has 3 heteroatoms. The molecule has 1 saturated heterocycles. The van der Waals surface area contributed by atoms with Gasteiger partial charge in [-0.25, -0.2) is 9.78 Å². The van der Waals surface area contributed by atoms with Gasteiger partial charge in [-0.3, -0.25) is 0 Å². The highest BCUT2D eigenvalue weighted by Crippen LogP contribution is 2.71. The number of fused-ring (bicyclic) bond motifs is 2. The number of rotatable bonds is 4. The van der Waals surface area contributed by atoms with E-state index in [9.17, 15) is 5.11 Å². The third-order valence-corrected chi connectivity index (χ3v) is 10.5. The molecule has 2 saturated carbocycles. The molecule has 0 aromatic carbocycles. The van der Waals surface area contributed by atoms with Crippen molar-refractivity contribution in [2.45, 2.75) is 97.4 Å². The van der Waals surface area contributed by atoms with Crippen LogP contribution in [-0.2, 0) is 9.78 Å². The Morgan fingerprint density at radius 2 is 1.81 bits per heavy atom. The molecule has 6 unspecified atom stereocenters. The first-order chi connectivity index (χ1) is 14.6. The van der Waals surface area contributed by atoms with E-state index >= 15 is 0 Å². The summed E-state index contributed by atoms with van der Waals surface area (Å²) in [6, 6.07) is 0. The fourth-order valence-electron chi connectivity index (χ4n) is 8.01. The van der Waals surface area contributed by atoms with E-state index in [1.54, 1.807) is 0 Å². The molecule has 172 valence electrons. The maximum Gasteiger partial charge on any atom is 0.147 e. The van der Waals surface area contributed by atoms with Crippen molar-refractivity contribution in [3.8, 4) is 0 Å². The van der Waals surface area contributed by atoms with Crippen molar-refractivity contribution >= 4 is 0 Å². The number of aliphatic hydroxyl groups excluding tert-OH is 1. The van der Waals surface area contributed by atoms with Crippen LogP contribution in [0.25, 0.3) is 0 Å². The molecular formula is C28H42O3. The van der Waals surface area contributed by atoms with Crippen molar-refractivity contribution in [3.63, 3.8) is 0 Å². The largest absolute Gasteiger partial charge is 0.393 e. The summed E-state index contributed by atoms with van der Waals surface area (Å²) in [5, 5.41) is 10.4. The molecule has 0 amide bonds. The SMILES string of the molecule is CC(C)C(C)/C=C/C(C)C1CCC2C34C=CC5(C[C@@H](O)CC[C@]5(C)C3=CC[C@]12C)OO4. The van der Waals surface area contributed by atoms with Gasteiger partial charge in [-0.1, -0.05) is 59.8 Å². The van der Waals surface area contributed by atoms with E-state index < -0.39 is 11.2 Å². The predicted molar refractivity (Wildman–Crippen MR) is 124 cm³/mol. The molecule has 6 rings (SSSR count). The first-order valence-corrected chi connectivity index (χ1v) is 12.7. The summed E-state index contributed by atoms with van der Waals surface area (Å²) < 4.78 is 0. The van der Waals surface area contributed by atoms with Crippen LogP contribution < -0.4 is 0 Å². The first-order valence-electron chi connectivity index (χ1n) is 12.7. The molecule has 2 heterocycles. The fraction of sp³-hybridized carbons (Fsp3) is 0.786. The Morgan fingerprint density at radius 3 is 2.48 bits per heavy atom. The molecule has 0 aromatic heterocycles. The van der Waals surface area contributed by atoms with Gasteiger partial charge in [0.05, 0.1) is 6.10 Å². The number of allylic oxidation sites excluding steroid dienone is 3. The maximum absolute atomic E-state index is 10.4. The lowest BCUT2D eigenvalue weighted by Gasteiger charge is -2.66. The van der Waals surface area contributed by atoms with Crippen LogP contribution in [0.2, 0.25) is 0 Å². The molecule has 2 aliphatic heterocycles. The third kappa shape index (κ3) is 2.82. The molecule has 2 bridgehead atoms. The van der Waals surface area contributed by atoms with Gasteiger partial charge in [-0.05, 0) is 78.9 Å². The second kappa shape index (κ2) is 7.05. The fourth-order valence-corrected chi connectivity index (χ4v) is 8.01. The van der Waals surface area contributed by atoms with Gasteiger partial charge in [-0.15, -0.1) is 0 Å². The lowest BCUT2D eigenvalue weighted by atomic mass is 9.47. The Morgan fingerprint density at radius 1 is 1.03 bits per heavy atom. The first kappa shape index (κ1) is 21.9. The van der Waals surface area contributed by atoms with Crippen molar-refractivity contribution in [1.82, 2.24) is 0 Å². The van der Waals surface area contributed by atoms with Crippen molar-refractivity contribution in [2.75, 3.05) is 0 Å². The van der Waals surface area contributed by atoms with E-state index in [0.717, 1.165) is 19.3 Å². The van der Waals surface area contributed by atoms with Gasteiger partial charge in [0.15, 0.2) is 0 Å². The molecule has 6 aliphatic rings. The van der Waals surface area contributed by atoms with Crippen molar-refractivity contribution < 1.29 is 14.9 Å². The topological polar surface area (TPSA) is 38.7 Å². The van der Waals surface area contributed by atoms with Crippen LogP contribution in [0, 0.1) is 40.4 Å². The van der Waals surface area contributed by atoms with E-state index in [1.807, 2.05) is 0 Å². The zero-order valence-corrected chi connectivity index (χ0v) is 20.4. The third-order valence-electron chi connectivity index (χ3n) is 10.5. The highest BCUT2D eigenvalue weighted by atomic mass is 17.2. The standard InChI is InChI=1S/C28H42O3/c1-18(2)19(3)7-8-20(4)22-9-10-23-25(22,5)13-12-24-26(6)14-11-21(29)17-27(26)15-16-28(23,24)31-30-27/h7-8,12,15-16,18-23,29H,9-11,13-14,17H2,1-6H3/b8-7+/t19?,20?,21-,22?,23?,25+,26+,27?,28?/m0/s1. The summed E-state index contributed by atoms with van der Waals surface area (Å²) in [6.45, 7) is 14.2. The molecule has 3 fully saturated rings. The van der Waals surface area contributed by atoms with Crippen LogP contribution in [-0.4, -0.2) is 22.4 Å². The van der Waals surface area contributed by atoms with E-state index in [2.05, 4.69) is 71.9 Å². The normalized spacial score (nSPS) is 50.2. The van der Waals surface area contributed by atoms with Gasteiger partial charge in [0.25, 0.3) is 0 Å². The van der Waals surface area contributed by atoms with Crippen molar-refractivity contribution in [1.29, 1.82) is 0 Å². The molecule has 1 N–H and O–H groups in total. The quantitative estimate of drug-likeness (QED) is 0.418. The Kier molecular flexibility index (Phi) is 4.98. The molecule has 0 aromatic rings. The maximum atomic E-state index is 10.4. The minimum atomic E-state index is -0.507. The second-order valence-electron chi connectivity index (χ2n) is 12.3. The van der Waals surface area contributed by atoms with Crippen LogP contribution in [0.4, 0.5) is 0 Å². The van der Waals surface area contributed by atoms with E-state index in [4.69, 9.17) is 9.78 Å². The predicted octanol–water partition coefficient (Wildman–Crippen LogP) is 6.39. The van der Waals surface area contributed by atoms with Crippen molar-refractivity contribution in [2.24, 2.45) is 40.4 Å². The minimum absolute atomic E-state index is 0.0726. The minimum Gasteiger partial charge on any atom is -0.393 e. The summed E-state index contributed by atoms with van der Waals surface area (Å²) in [5.74, 6) is 2.98. The lowest BCUT2D eigenvalue weighted by Crippen LogP contribution is -2.69.